The van der Waals surface area contributed by atoms with Gasteiger partial charge in [-0.2, -0.15) is 0 Å². The maximum Gasteiger partial charge on any atom is 0.129 e. The molecule has 0 spiro atoms. The molecule has 1 fully saturated rings. The molecule has 0 atom stereocenters. The highest BCUT2D eigenvalue weighted by atomic mass is 19.1. The number of hydrogen-bond acceptors (Lipinski definition) is 0. The van der Waals surface area contributed by atoms with Crippen molar-refractivity contribution in [3.8, 4) is 0 Å². The first-order chi connectivity index (χ1) is 13.6. The Morgan fingerprint density at radius 2 is 1.57 bits per heavy atom. The van der Waals surface area contributed by atoms with Crippen LogP contribution in [0.2, 0.25) is 0 Å². The summed E-state index contributed by atoms with van der Waals surface area (Å²) in [5.74, 6) is 0.659. The van der Waals surface area contributed by atoms with E-state index in [1.165, 1.54) is 62.3 Å². The van der Waals surface area contributed by atoms with Gasteiger partial charge in [-0.05, 0) is 80.5 Å². The second-order valence-electron chi connectivity index (χ2n) is 8.38. The quantitative estimate of drug-likeness (QED) is 0.327. The second-order valence-corrected chi connectivity index (χ2v) is 8.38. The fraction of sp³-hybridized carbons (Fsp3) is 0.462. The van der Waals surface area contributed by atoms with Gasteiger partial charge in [0.25, 0.3) is 0 Å². The van der Waals surface area contributed by atoms with Crippen LogP contribution in [-0.2, 0) is 12.8 Å². The third kappa shape index (κ3) is 5.59. The van der Waals surface area contributed by atoms with Crippen molar-refractivity contribution in [2.45, 2.75) is 70.6 Å². The lowest BCUT2D eigenvalue weighted by molar-refractivity contribution is 0.303. The summed E-state index contributed by atoms with van der Waals surface area (Å²) in [4.78, 5) is 0. The zero-order chi connectivity index (χ0) is 19.9. The number of halogens is 2. The van der Waals surface area contributed by atoms with E-state index in [2.05, 4.69) is 31.2 Å². The van der Waals surface area contributed by atoms with Crippen molar-refractivity contribution in [2.24, 2.45) is 5.92 Å². The molecular formula is C26H32F2. The van der Waals surface area contributed by atoms with E-state index >= 15 is 0 Å². The van der Waals surface area contributed by atoms with Crippen LogP contribution in [0.5, 0.6) is 0 Å². The molecule has 0 unspecified atom stereocenters. The first kappa shape index (κ1) is 20.9. The summed E-state index contributed by atoms with van der Waals surface area (Å²) in [5, 5.41) is 0. The topological polar surface area (TPSA) is 0 Å². The highest BCUT2D eigenvalue weighted by Gasteiger charge is 2.22. The minimum atomic E-state index is -0.425. The summed E-state index contributed by atoms with van der Waals surface area (Å²) in [5.41, 5.74) is 3.72. The zero-order valence-corrected chi connectivity index (χ0v) is 17.0. The lowest BCUT2D eigenvalue weighted by Gasteiger charge is -2.29. The molecule has 2 aromatic rings. The lowest BCUT2D eigenvalue weighted by atomic mass is 9.77. The monoisotopic (exact) mass is 382 g/mol. The van der Waals surface area contributed by atoms with Crippen LogP contribution < -0.4 is 0 Å². The molecule has 0 nitrogen and oxygen atoms in total. The summed E-state index contributed by atoms with van der Waals surface area (Å²) < 4.78 is 27.3. The molecule has 0 aliphatic heterocycles. The van der Waals surface area contributed by atoms with Crippen LogP contribution in [0.1, 0.15) is 73.1 Å². The van der Waals surface area contributed by atoms with E-state index in [1.54, 1.807) is 0 Å². The van der Waals surface area contributed by atoms with Crippen LogP contribution in [0, 0.1) is 37.8 Å². The van der Waals surface area contributed by atoms with E-state index in [-0.39, 0.29) is 5.56 Å². The molecule has 2 heteroatoms. The molecule has 0 N–H and O–H groups in total. The van der Waals surface area contributed by atoms with Crippen LogP contribution >= 0.6 is 0 Å². The molecule has 0 bridgehead atoms. The lowest BCUT2D eigenvalue weighted by Crippen LogP contribution is -2.13. The molecule has 2 aromatic carbocycles. The van der Waals surface area contributed by atoms with Gasteiger partial charge in [0.1, 0.15) is 11.6 Å². The predicted octanol–water partition coefficient (Wildman–Crippen LogP) is 7.54. The van der Waals surface area contributed by atoms with Crippen LogP contribution in [0.15, 0.2) is 36.4 Å². The SMILES string of the molecule is [CH2+][CH-]Cc1ccc(C2CCC(CCCCc3cc(F)c(C)c(F)c3)CC2)cc1. The fourth-order valence-corrected chi connectivity index (χ4v) is 4.48. The van der Waals surface area contributed by atoms with Crippen LogP contribution in [-0.4, -0.2) is 0 Å². The van der Waals surface area contributed by atoms with E-state index in [0.29, 0.717) is 5.92 Å². The number of rotatable bonds is 8. The van der Waals surface area contributed by atoms with Gasteiger partial charge in [-0.25, -0.2) is 8.78 Å². The Balaban J connectivity index is 1.37. The third-order valence-corrected chi connectivity index (χ3v) is 6.35. The van der Waals surface area contributed by atoms with Gasteiger partial charge >= 0.3 is 0 Å². The summed E-state index contributed by atoms with van der Waals surface area (Å²) in [6.45, 7) is 5.29. The standard InChI is InChI=1S/C26H32F2/c1-3-6-20-9-13-23(14-10-20)24-15-11-21(12-16-24)7-4-5-8-22-17-25(27)19(2)26(28)18-22/h3,9-10,13-14,17-18,21,24H,1,4-8,11-12,15-16H2,2H3. The Morgan fingerprint density at radius 3 is 2.18 bits per heavy atom. The number of unbranched alkanes of at least 4 members (excludes halogenated alkanes) is 1. The van der Waals surface area contributed by atoms with Crippen molar-refractivity contribution in [3.05, 3.63) is 83.6 Å². The molecule has 28 heavy (non-hydrogen) atoms. The molecule has 0 aromatic heterocycles. The van der Waals surface area contributed by atoms with Crippen molar-refractivity contribution in [1.82, 2.24) is 0 Å². The Hall–Kier alpha value is -1.83. The highest BCUT2D eigenvalue weighted by Crippen LogP contribution is 2.37. The Labute approximate surface area is 169 Å². The molecule has 1 aliphatic rings. The average molecular weight is 383 g/mol. The number of aryl methyl sites for hydroxylation is 1. The van der Waals surface area contributed by atoms with Gasteiger partial charge in [0.05, 0.1) is 0 Å². The van der Waals surface area contributed by atoms with Crippen molar-refractivity contribution in [1.29, 1.82) is 0 Å². The first-order valence-electron chi connectivity index (χ1n) is 10.7. The molecule has 0 heterocycles. The van der Waals surface area contributed by atoms with Gasteiger partial charge in [-0.3, -0.25) is 0 Å². The summed E-state index contributed by atoms with van der Waals surface area (Å²) in [6.07, 6.45) is 12.2. The van der Waals surface area contributed by atoms with E-state index in [0.717, 1.165) is 37.2 Å². The minimum absolute atomic E-state index is 0.121. The number of benzene rings is 2. The van der Waals surface area contributed by atoms with Gasteiger partial charge < -0.3 is 0 Å². The molecule has 0 radical (unpaired) electrons. The Bertz CT molecular complexity index is 717. The van der Waals surface area contributed by atoms with Crippen LogP contribution in [0.3, 0.4) is 0 Å². The molecule has 1 saturated carbocycles. The zero-order valence-electron chi connectivity index (χ0n) is 17.0. The van der Waals surface area contributed by atoms with Gasteiger partial charge in [-0.1, -0.05) is 49.6 Å². The normalized spacial score (nSPS) is 19.7. The van der Waals surface area contributed by atoms with E-state index in [9.17, 15) is 8.78 Å². The van der Waals surface area contributed by atoms with Crippen molar-refractivity contribution in [3.63, 3.8) is 0 Å². The predicted molar refractivity (Wildman–Crippen MR) is 113 cm³/mol. The summed E-state index contributed by atoms with van der Waals surface area (Å²) in [6, 6.07) is 12.0. The average Bonchev–Trinajstić information content (AvgIpc) is 2.71. The van der Waals surface area contributed by atoms with Gasteiger partial charge in [-0.15, -0.1) is 12.8 Å². The summed E-state index contributed by atoms with van der Waals surface area (Å²) in [7, 11) is 0. The number of hydrogen-bond donors (Lipinski definition) is 0. The van der Waals surface area contributed by atoms with E-state index in [1.807, 2.05) is 6.42 Å². The maximum absolute atomic E-state index is 13.6. The Morgan fingerprint density at radius 1 is 0.929 bits per heavy atom. The van der Waals surface area contributed by atoms with Crippen molar-refractivity contribution >= 4 is 0 Å². The van der Waals surface area contributed by atoms with Gasteiger partial charge in [0.15, 0.2) is 0 Å². The molecule has 0 saturated heterocycles. The molecule has 150 valence electrons. The smallest absolute Gasteiger partial charge is 0.129 e. The molecular weight excluding hydrogens is 350 g/mol. The molecule has 1 aliphatic carbocycles. The second kappa shape index (κ2) is 10.1. The van der Waals surface area contributed by atoms with E-state index in [4.69, 9.17) is 0 Å². The van der Waals surface area contributed by atoms with E-state index < -0.39 is 11.6 Å². The molecule has 3 rings (SSSR count). The first-order valence-corrected chi connectivity index (χ1v) is 10.7. The minimum Gasteiger partial charge on any atom is -0.207 e. The largest absolute Gasteiger partial charge is 0.207 e. The van der Waals surface area contributed by atoms with Crippen LogP contribution in [0.4, 0.5) is 8.78 Å². The van der Waals surface area contributed by atoms with Crippen LogP contribution in [0.25, 0.3) is 0 Å². The summed E-state index contributed by atoms with van der Waals surface area (Å²) >= 11 is 0. The van der Waals surface area contributed by atoms with Gasteiger partial charge in [0.2, 0.25) is 0 Å². The molecule has 0 amide bonds. The Kier molecular flexibility index (Phi) is 7.53. The maximum atomic E-state index is 13.6. The fourth-order valence-electron chi connectivity index (χ4n) is 4.48. The van der Waals surface area contributed by atoms with Crippen molar-refractivity contribution < 1.29 is 8.78 Å². The van der Waals surface area contributed by atoms with Crippen molar-refractivity contribution in [2.75, 3.05) is 0 Å². The third-order valence-electron chi connectivity index (χ3n) is 6.35. The highest BCUT2D eigenvalue weighted by molar-refractivity contribution is 5.27. The van der Waals surface area contributed by atoms with Gasteiger partial charge in [0, 0.05) is 5.56 Å².